The van der Waals surface area contributed by atoms with Crippen molar-refractivity contribution in [3.8, 4) is 11.8 Å². The average molecular weight is 461 g/mol. The van der Waals surface area contributed by atoms with Crippen LogP contribution in [0, 0.1) is 23.2 Å². The molecule has 4 nitrogen and oxygen atoms in total. The molecule has 0 spiro atoms. The Balaban J connectivity index is 1.32. The number of benzene rings is 1. The zero-order chi connectivity index (χ0) is 24.0. The Hall–Kier alpha value is -2.67. The van der Waals surface area contributed by atoms with Crippen LogP contribution in [-0.2, 0) is 17.6 Å². The number of hydrogen-bond donors (Lipinski definition) is 0. The maximum Gasteiger partial charge on any atom is 0.314 e. The molecule has 1 aromatic carbocycles. The van der Waals surface area contributed by atoms with Crippen LogP contribution in [0.15, 0.2) is 42.6 Å². The van der Waals surface area contributed by atoms with Gasteiger partial charge in [0.15, 0.2) is 0 Å². The summed E-state index contributed by atoms with van der Waals surface area (Å²) in [5.74, 6) is 1.26. The number of aromatic nitrogens is 1. The van der Waals surface area contributed by atoms with E-state index in [2.05, 4.69) is 18.0 Å². The van der Waals surface area contributed by atoms with Crippen molar-refractivity contribution in [3.63, 3.8) is 0 Å². The number of unbranched alkanes of at least 4 members (excludes halogenated alkanes) is 6. The summed E-state index contributed by atoms with van der Waals surface area (Å²) in [6.45, 7) is 2.27. The number of hydrogen-bond acceptors (Lipinski definition) is 4. The predicted molar refractivity (Wildman–Crippen MR) is 136 cm³/mol. The molecule has 1 aliphatic rings. The summed E-state index contributed by atoms with van der Waals surface area (Å²) in [5.41, 5.74) is 2.82. The minimum Gasteiger partial charge on any atom is -0.425 e. The van der Waals surface area contributed by atoms with Gasteiger partial charge in [-0.3, -0.25) is 9.78 Å². The van der Waals surface area contributed by atoms with Crippen molar-refractivity contribution in [2.75, 3.05) is 0 Å². The molecule has 4 heteroatoms. The van der Waals surface area contributed by atoms with Gasteiger partial charge in [-0.2, -0.15) is 5.26 Å². The Kier molecular flexibility index (Phi) is 11.1. The third-order valence-corrected chi connectivity index (χ3v) is 7.16. The van der Waals surface area contributed by atoms with Crippen LogP contribution < -0.4 is 4.74 Å². The molecule has 0 unspecified atom stereocenters. The number of aryl methyl sites for hydroxylation is 2. The quantitative estimate of drug-likeness (QED) is 0.228. The Morgan fingerprint density at radius 2 is 1.65 bits per heavy atom. The van der Waals surface area contributed by atoms with E-state index in [1.54, 1.807) is 6.20 Å². The van der Waals surface area contributed by atoms with Gasteiger partial charge in [0, 0.05) is 5.69 Å². The van der Waals surface area contributed by atoms with Gasteiger partial charge >= 0.3 is 5.97 Å². The molecule has 0 saturated heterocycles. The fraction of sp³-hybridized carbons (Fsp3) is 0.567. The second-order valence-corrected chi connectivity index (χ2v) is 9.84. The van der Waals surface area contributed by atoms with Gasteiger partial charge in [0.2, 0.25) is 0 Å². The molecular formula is C30H40N2O2. The average Bonchev–Trinajstić information content (AvgIpc) is 2.88. The maximum atomic E-state index is 12.6. The summed E-state index contributed by atoms with van der Waals surface area (Å²) < 4.78 is 5.65. The normalized spacial score (nSPS) is 17.8. The zero-order valence-electron chi connectivity index (χ0n) is 20.8. The van der Waals surface area contributed by atoms with Gasteiger partial charge in [0.25, 0.3) is 0 Å². The van der Waals surface area contributed by atoms with E-state index in [1.807, 2.05) is 36.4 Å². The van der Waals surface area contributed by atoms with Gasteiger partial charge in [-0.1, -0.05) is 70.4 Å². The van der Waals surface area contributed by atoms with E-state index >= 15 is 0 Å². The van der Waals surface area contributed by atoms with Gasteiger partial charge in [-0.25, -0.2) is 0 Å². The van der Waals surface area contributed by atoms with Crippen LogP contribution in [0.4, 0.5) is 0 Å². The van der Waals surface area contributed by atoms with Gasteiger partial charge in [0.1, 0.15) is 5.75 Å². The van der Waals surface area contributed by atoms with E-state index in [0.717, 1.165) is 50.1 Å². The summed E-state index contributed by atoms with van der Waals surface area (Å²) in [6, 6.07) is 13.6. The van der Waals surface area contributed by atoms with Crippen LogP contribution in [0.3, 0.4) is 0 Å². The maximum absolute atomic E-state index is 12.6. The highest BCUT2D eigenvalue weighted by atomic mass is 16.5. The van der Waals surface area contributed by atoms with Crippen molar-refractivity contribution >= 4 is 5.97 Å². The zero-order valence-corrected chi connectivity index (χ0v) is 20.8. The van der Waals surface area contributed by atoms with Crippen molar-refractivity contribution in [3.05, 3.63) is 59.4 Å². The molecule has 1 heterocycles. The molecule has 0 atom stereocenters. The largest absolute Gasteiger partial charge is 0.425 e. The highest BCUT2D eigenvalue weighted by molar-refractivity contribution is 5.75. The van der Waals surface area contributed by atoms with Crippen molar-refractivity contribution < 1.29 is 9.53 Å². The second-order valence-electron chi connectivity index (χ2n) is 9.84. The first kappa shape index (κ1) is 25.9. The summed E-state index contributed by atoms with van der Waals surface area (Å²) in [6.07, 6.45) is 18.4. The number of pyridine rings is 1. The number of carbonyl (C=O) groups excluding carboxylic acids is 1. The van der Waals surface area contributed by atoms with Crippen LogP contribution in [0.25, 0.3) is 0 Å². The summed E-state index contributed by atoms with van der Waals surface area (Å²) in [7, 11) is 0. The third-order valence-electron chi connectivity index (χ3n) is 7.16. The van der Waals surface area contributed by atoms with Gasteiger partial charge in [0.05, 0.1) is 23.7 Å². The molecule has 1 aromatic heterocycles. The Labute approximate surface area is 205 Å². The third kappa shape index (κ3) is 8.93. The van der Waals surface area contributed by atoms with Crippen LogP contribution >= 0.6 is 0 Å². The minimum atomic E-state index is -0.0958. The van der Waals surface area contributed by atoms with E-state index in [4.69, 9.17) is 10.00 Å². The number of ether oxygens (including phenoxy) is 1. The minimum absolute atomic E-state index is 0.0290. The fourth-order valence-corrected chi connectivity index (χ4v) is 4.91. The van der Waals surface area contributed by atoms with E-state index in [9.17, 15) is 4.79 Å². The molecule has 2 aromatic rings. The van der Waals surface area contributed by atoms with Crippen molar-refractivity contribution in [2.45, 2.75) is 96.8 Å². The SMILES string of the molecule is CCCCCCCCC[C@H]1CC[C@H](C(=O)Oc2ccc(CCc3ccc(C#N)cc3)nc2)CC1. The van der Waals surface area contributed by atoms with Gasteiger partial charge in [-0.15, -0.1) is 0 Å². The van der Waals surface area contributed by atoms with Crippen LogP contribution in [0.5, 0.6) is 5.75 Å². The van der Waals surface area contributed by atoms with Crippen LogP contribution in [0.1, 0.15) is 101 Å². The lowest BCUT2D eigenvalue weighted by Gasteiger charge is -2.27. The summed E-state index contributed by atoms with van der Waals surface area (Å²) in [5, 5.41) is 8.89. The highest BCUT2D eigenvalue weighted by Gasteiger charge is 2.27. The summed E-state index contributed by atoms with van der Waals surface area (Å²) >= 11 is 0. The molecule has 0 aliphatic heterocycles. The number of esters is 1. The molecule has 34 heavy (non-hydrogen) atoms. The smallest absolute Gasteiger partial charge is 0.314 e. The van der Waals surface area contributed by atoms with Crippen LogP contribution in [0.2, 0.25) is 0 Å². The van der Waals surface area contributed by atoms with Crippen LogP contribution in [-0.4, -0.2) is 11.0 Å². The predicted octanol–water partition coefficient (Wildman–Crippen LogP) is 7.59. The lowest BCUT2D eigenvalue weighted by Crippen LogP contribution is -2.25. The first-order valence-electron chi connectivity index (χ1n) is 13.3. The van der Waals surface area contributed by atoms with E-state index in [0.29, 0.717) is 11.3 Å². The molecule has 0 radical (unpaired) electrons. The topological polar surface area (TPSA) is 63.0 Å². The lowest BCUT2D eigenvalue weighted by molar-refractivity contribution is -0.140. The lowest BCUT2D eigenvalue weighted by atomic mass is 9.80. The van der Waals surface area contributed by atoms with E-state index < -0.39 is 0 Å². The molecule has 1 fully saturated rings. The number of rotatable bonds is 13. The first-order chi connectivity index (χ1) is 16.7. The fourth-order valence-electron chi connectivity index (χ4n) is 4.91. The molecule has 1 saturated carbocycles. The highest BCUT2D eigenvalue weighted by Crippen LogP contribution is 2.33. The first-order valence-corrected chi connectivity index (χ1v) is 13.3. The van der Waals surface area contributed by atoms with Crippen molar-refractivity contribution in [2.24, 2.45) is 11.8 Å². The van der Waals surface area contributed by atoms with Crippen molar-refractivity contribution in [1.82, 2.24) is 4.98 Å². The van der Waals surface area contributed by atoms with E-state index in [1.165, 1.54) is 56.9 Å². The molecule has 182 valence electrons. The van der Waals surface area contributed by atoms with E-state index in [-0.39, 0.29) is 11.9 Å². The number of carbonyl (C=O) groups is 1. The van der Waals surface area contributed by atoms with Gasteiger partial charge < -0.3 is 4.74 Å². The molecule has 3 rings (SSSR count). The standard InChI is InChI=1S/C30H40N2O2/c1-2-3-4-5-6-7-8-9-24-14-17-27(18-15-24)30(33)34-29-21-20-28(32-23-29)19-16-25-10-12-26(22-31)13-11-25/h10-13,20-21,23-24,27H,2-9,14-19H2,1H3/t24-,27-. The Bertz CT molecular complexity index is 891. The molecule has 1 aliphatic carbocycles. The molecule has 0 N–H and O–H groups in total. The Morgan fingerprint density at radius 1 is 0.941 bits per heavy atom. The molecule has 0 bridgehead atoms. The number of nitriles is 1. The Morgan fingerprint density at radius 3 is 2.29 bits per heavy atom. The summed E-state index contributed by atoms with van der Waals surface area (Å²) in [4.78, 5) is 17.1. The molecule has 0 amide bonds. The molecular weight excluding hydrogens is 420 g/mol. The van der Waals surface area contributed by atoms with Gasteiger partial charge in [-0.05, 0) is 74.3 Å². The monoisotopic (exact) mass is 460 g/mol. The number of nitrogens with zero attached hydrogens (tertiary/aromatic N) is 2. The second kappa shape index (κ2) is 14.6. The van der Waals surface area contributed by atoms with Crippen molar-refractivity contribution in [1.29, 1.82) is 5.26 Å².